The van der Waals surface area contributed by atoms with E-state index in [0.29, 0.717) is 11.9 Å². The second-order valence-corrected chi connectivity index (χ2v) is 5.54. The molecular formula is C13H17F2NOS. The van der Waals surface area contributed by atoms with Gasteiger partial charge in [0, 0.05) is 12.3 Å². The summed E-state index contributed by atoms with van der Waals surface area (Å²) in [5.41, 5.74) is 5.48. The van der Waals surface area contributed by atoms with Crippen LogP contribution in [0.1, 0.15) is 25.7 Å². The maximum atomic E-state index is 13.5. The van der Waals surface area contributed by atoms with E-state index in [9.17, 15) is 8.78 Å². The maximum absolute atomic E-state index is 13.5. The second kappa shape index (κ2) is 6.38. The van der Waals surface area contributed by atoms with Crippen molar-refractivity contribution >= 4 is 17.4 Å². The van der Waals surface area contributed by atoms with Crippen molar-refractivity contribution in [1.82, 2.24) is 0 Å². The summed E-state index contributed by atoms with van der Waals surface area (Å²) in [5, 5.41) is 0. The van der Waals surface area contributed by atoms with Crippen molar-refractivity contribution in [3.05, 3.63) is 23.8 Å². The van der Waals surface area contributed by atoms with Gasteiger partial charge in [0.15, 0.2) is 0 Å². The molecule has 0 radical (unpaired) electrons. The van der Waals surface area contributed by atoms with Gasteiger partial charge < -0.3 is 10.5 Å². The lowest BCUT2D eigenvalue weighted by Crippen LogP contribution is -2.04. The van der Waals surface area contributed by atoms with Crippen LogP contribution in [-0.4, -0.2) is 18.5 Å². The highest BCUT2D eigenvalue weighted by Gasteiger charge is 2.15. The summed E-state index contributed by atoms with van der Waals surface area (Å²) >= 11 is 1.20. The maximum Gasteiger partial charge on any atom is 0.141 e. The molecule has 1 unspecified atom stereocenters. The van der Waals surface area contributed by atoms with Crippen molar-refractivity contribution in [1.29, 1.82) is 0 Å². The summed E-state index contributed by atoms with van der Waals surface area (Å²) in [6.45, 7) is 0.846. The van der Waals surface area contributed by atoms with E-state index in [4.69, 9.17) is 10.5 Å². The lowest BCUT2D eigenvalue weighted by Gasteiger charge is -2.09. The van der Waals surface area contributed by atoms with Gasteiger partial charge in [0.05, 0.1) is 11.0 Å². The van der Waals surface area contributed by atoms with E-state index in [0.717, 1.165) is 44.4 Å². The summed E-state index contributed by atoms with van der Waals surface area (Å²) in [4.78, 5) is 0.0662. The molecule has 2 nitrogen and oxygen atoms in total. The van der Waals surface area contributed by atoms with Gasteiger partial charge in [-0.3, -0.25) is 0 Å². The fraction of sp³-hybridized carbons (Fsp3) is 0.538. The summed E-state index contributed by atoms with van der Waals surface area (Å²) in [6, 6.07) is 2.32. The van der Waals surface area contributed by atoms with Crippen molar-refractivity contribution in [2.75, 3.05) is 18.1 Å². The van der Waals surface area contributed by atoms with Crippen molar-refractivity contribution in [3.63, 3.8) is 0 Å². The first-order valence-electron chi connectivity index (χ1n) is 6.16. The molecule has 1 aromatic rings. The minimum atomic E-state index is -0.574. The van der Waals surface area contributed by atoms with Gasteiger partial charge >= 0.3 is 0 Å². The zero-order valence-corrected chi connectivity index (χ0v) is 10.9. The number of thioether (sulfide) groups is 1. The second-order valence-electron chi connectivity index (χ2n) is 4.44. The average molecular weight is 273 g/mol. The van der Waals surface area contributed by atoms with E-state index in [1.807, 2.05) is 0 Å². The predicted molar refractivity (Wildman–Crippen MR) is 69.7 cm³/mol. The van der Waals surface area contributed by atoms with Gasteiger partial charge in [-0.15, -0.1) is 11.8 Å². The number of benzene rings is 1. The zero-order valence-electron chi connectivity index (χ0n) is 10.1. The monoisotopic (exact) mass is 273 g/mol. The molecule has 1 saturated heterocycles. The predicted octanol–water partition coefficient (Wildman–Crippen LogP) is 3.60. The molecule has 0 aromatic heterocycles. The van der Waals surface area contributed by atoms with Gasteiger partial charge in [-0.2, -0.15) is 0 Å². The van der Waals surface area contributed by atoms with Crippen LogP contribution in [0.4, 0.5) is 14.5 Å². The van der Waals surface area contributed by atoms with Crippen LogP contribution in [0.25, 0.3) is 0 Å². The van der Waals surface area contributed by atoms with E-state index in [1.54, 1.807) is 0 Å². The largest absolute Gasteiger partial charge is 0.399 e. The molecule has 5 heteroatoms. The smallest absolute Gasteiger partial charge is 0.141 e. The van der Waals surface area contributed by atoms with Crippen molar-refractivity contribution in [3.8, 4) is 0 Å². The Morgan fingerprint density at radius 3 is 2.67 bits per heavy atom. The number of halogens is 2. The molecule has 1 atom stereocenters. The number of nitrogen functional groups attached to an aromatic ring is 1. The molecule has 1 heterocycles. The molecule has 0 aliphatic carbocycles. The van der Waals surface area contributed by atoms with Crippen LogP contribution >= 0.6 is 11.8 Å². The molecule has 1 fully saturated rings. The lowest BCUT2D eigenvalue weighted by molar-refractivity contribution is 0.104. The highest BCUT2D eigenvalue weighted by atomic mass is 32.2. The van der Waals surface area contributed by atoms with E-state index < -0.39 is 11.6 Å². The van der Waals surface area contributed by atoms with Crippen LogP contribution in [-0.2, 0) is 4.74 Å². The molecule has 0 saturated carbocycles. The first-order valence-corrected chi connectivity index (χ1v) is 7.14. The summed E-state index contributed by atoms with van der Waals surface area (Å²) in [7, 11) is 0. The Balaban J connectivity index is 1.79. The van der Waals surface area contributed by atoms with Crippen molar-refractivity contribution in [2.24, 2.45) is 0 Å². The number of ether oxygens (including phenoxy) is 1. The Labute approximate surface area is 110 Å². The van der Waals surface area contributed by atoms with Crippen LogP contribution in [0.3, 0.4) is 0 Å². The van der Waals surface area contributed by atoms with Gasteiger partial charge in [-0.25, -0.2) is 8.78 Å². The van der Waals surface area contributed by atoms with Crippen LogP contribution < -0.4 is 5.73 Å². The first kappa shape index (κ1) is 13.6. The molecule has 0 bridgehead atoms. The molecule has 0 amide bonds. The van der Waals surface area contributed by atoms with E-state index in [1.165, 1.54) is 11.8 Å². The Morgan fingerprint density at radius 2 is 2.06 bits per heavy atom. The Hall–Kier alpha value is -0.810. The van der Waals surface area contributed by atoms with Gasteiger partial charge in [0.25, 0.3) is 0 Å². The minimum absolute atomic E-state index is 0.0662. The number of anilines is 1. The van der Waals surface area contributed by atoms with Gasteiger partial charge in [0.1, 0.15) is 11.6 Å². The lowest BCUT2D eigenvalue weighted by atomic mass is 10.1. The third kappa shape index (κ3) is 3.59. The van der Waals surface area contributed by atoms with E-state index in [-0.39, 0.29) is 10.6 Å². The van der Waals surface area contributed by atoms with Crippen LogP contribution in [0, 0.1) is 11.6 Å². The topological polar surface area (TPSA) is 35.2 Å². The number of hydrogen-bond donors (Lipinski definition) is 1. The molecule has 18 heavy (non-hydrogen) atoms. The fourth-order valence-electron chi connectivity index (χ4n) is 2.07. The number of nitrogens with two attached hydrogens (primary N) is 1. The van der Waals surface area contributed by atoms with Crippen molar-refractivity contribution < 1.29 is 13.5 Å². The highest BCUT2D eigenvalue weighted by molar-refractivity contribution is 7.99. The van der Waals surface area contributed by atoms with Crippen LogP contribution in [0.2, 0.25) is 0 Å². The van der Waals surface area contributed by atoms with Gasteiger partial charge in [-0.1, -0.05) is 0 Å². The quantitative estimate of drug-likeness (QED) is 0.506. The normalized spacial score (nSPS) is 19.3. The third-order valence-electron chi connectivity index (χ3n) is 2.96. The molecule has 2 rings (SSSR count). The third-order valence-corrected chi connectivity index (χ3v) is 4.13. The molecular weight excluding hydrogens is 256 g/mol. The van der Waals surface area contributed by atoms with Crippen LogP contribution in [0.15, 0.2) is 17.0 Å². The molecule has 100 valence electrons. The molecule has 0 spiro atoms. The van der Waals surface area contributed by atoms with Gasteiger partial charge in [-0.05, 0) is 43.6 Å². The summed E-state index contributed by atoms with van der Waals surface area (Å²) in [5.74, 6) is -0.457. The highest BCUT2D eigenvalue weighted by Crippen LogP contribution is 2.28. The zero-order chi connectivity index (χ0) is 13.0. The standard InChI is InChI=1S/C13H17F2NOS/c14-11-7-9(16)8-12(15)13(11)18-6-2-4-10-3-1-5-17-10/h7-8,10H,1-6,16H2. The first-order chi connectivity index (χ1) is 8.66. The average Bonchev–Trinajstić information content (AvgIpc) is 2.79. The summed E-state index contributed by atoms with van der Waals surface area (Å²) in [6.07, 6.45) is 4.43. The minimum Gasteiger partial charge on any atom is -0.399 e. The summed E-state index contributed by atoms with van der Waals surface area (Å²) < 4.78 is 32.4. The van der Waals surface area contributed by atoms with Crippen molar-refractivity contribution in [2.45, 2.75) is 36.7 Å². The Morgan fingerprint density at radius 1 is 1.33 bits per heavy atom. The van der Waals surface area contributed by atoms with Gasteiger partial charge in [0.2, 0.25) is 0 Å². The Bertz CT molecular complexity index is 385. The molecule has 1 aliphatic heterocycles. The number of rotatable bonds is 5. The van der Waals surface area contributed by atoms with E-state index in [2.05, 4.69) is 0 Å². The Kier molecular flexibility index (Phi) is 4.83. The van der Waals surface area contributed by atoms with Crippen LogP contribution in [0.5, 0.6) is 0 Å². The molecule has 1 aromatic carbocycles. The fourth-order valence-corrected chi connectivity index (χ4v) is 2.98. The SMILES string of the molecule is Nc1cc(F)c(SCCCC2CCCO2)c(F)c1. The molecule has 2 N–H and O–H groups in total. The van der Waals surface area contributed by atoms with E-state index >= 15 is 0 Å². The molecule has 1 aliphatic rings. The number of hydrogen-bond acceptors (Lipinski definition) is 3.